The third kappa shape index (κ3) is 5.27. The van der Waals surface area contributed by atoms with Gasteiger partial charge in [-0.3, -0.25) is 14.5 Å². The minimum atomic E-state index is -3.42. The largest absolute Gasteiger partial charge is 0.365 e. The fourth-order valence-electron chi connectivity index (χ4n) is 3.67. The molecule has 2 heterocycles. The number of sulfone groups is 1. The van der Waals surface area contributed by atoms with Gasteiger partial charge in [0.1, 0.15) is 5.00 Å². The van der Waals surface area contributed by atoms with Crippen LogP contribution in [-0.4, -0.2) is 44.0 Å². The maximum absolute atomic E-state index is 12.4. The highest BCUT2D eigenvalue weighted by Crippen LogP contribution is 2.37. The van der Waals surface area contributed by atoms with Crippen LogP contribution in [0, 0.1) is 0 Å². The molecular formula is C21H27N3O4S2. The monoisotopic (exact) mass is 449 g/mol. The molecule has 1 aromatic carbocycles. The first-order chi connectivity index (χ1) is 14.3. The molecule has 0 atom stereocenters. The highest BCUT2D eigenvalue weighted by Gasteiger charge is 2.27. The van der Waals surface area contributed by atoms with E-state index < -0.39 is 15.7 Å². The number of carbonyl (C=O) groups is 2. The first-order valence-electron chi connectivity index (χ1n) is 10.1. The van der Waals surface area contributed by atoms with Crippen LogP contribution in [0.3, 0.4) is 0 Å². The first-order valence-corrected chi connectivity index (χ1v) is 12.5. The Balaban J connectivity index is 1.63. The van der Waals surface area contributed by atoms with E-state index in [4.69, 9.17) is 5.73 Å². The zero-order chi connectivity index (χ0) is 21.7. The normalized spacial score (nSPS) is 14.3. The third-order valence-corrected chi connectivity index (χ3v) is 8.04. The Hall–Kier alpha value is -2.23. The fourth-order valence-corrected chi connectivity index (χ4v) is 6.31. The summed E-state index contributed by atoms with van der Waals surface area (Å²) in [5.74, 6) is -0.969. The molecule has 0 spiro atoms. The Labute approximate surface area is 181 Å². The van der Waals surface area contributed by atoms with Crippen LogP contribution in [0.4, 0.5) is 5.00 Å². The van der Waals surface area contributed by atoms with Gasteiger partial charge in [0, 0.05) is 24.4 Å². The summed E-state index contributed by atoms with van der Waals surface area (Å²) in [5, 5.41) is 3.26. The van der Waals surface area contributed by atoms with Crippen LogP contribution in [0.5, 0.6) is 0 Å². The summed E-state index contributed by atoms with van der Waals surface area (Å²) in [4.78, 5) is 28.1. The van der Waals surface area contributed by atoms with Gasteiger partial charge >= 0.3 is 0 Å². The number of primary amides is 1. The Morgan fingerprint density at radius 1 is 1.23 bits per heavy atom. The van der Waals surface area contributed by atoms with Crippen LogP contribution in [0.2, 0.25) is 0 Å². The van der Waals surface area contributed by atoms with E-state index in [0.717, 1.165) is 42.9 Å². The maximum Gasteiger partial charge on any atom is 0.251 e. The van der Waals surface area contributed by atoms with Crippen LogP contribution in [0.15, 0.2) is 35.2 Å². The molecule has 2 amide bonds. The van der Waals surface area contributed by atoms with Gasteiger partial charge < -0.3 is 11.1 Å². The highest BCUT2D eigenvalue weighted by atomic mass is 32.2. The van der Waals surface area contributed by atoms with E-state index in [9.17, 15) is 18.0 Å². The van der Waals surface area contributed by atoms with Gasteiger partial charge in [-0.2, -0.15) is 0 Å². The van der Waals surface area contributed by atoms with E-state index in [1.807, 2.05) is 0 Å². The molecule has 0 saturated carbocycles. The second kappa shape index (κ2) is 9.72. The van der Waals surface area contributed by atoms with Gasteiger partial charge in [-0.05, 0) is 43.5 Å². The van der Waals surface area contributed by atoms with Crippen molar-refractivity contribution in [2.24, 2.45) is 5.73 Å². The Morgan fingerprint density at radius 3 is 2.63 bits per heavy atom. The summed E-state index contributed by atoms with van der Waals surface area (Å²) in [6.45, 7) is 4.73. The van der Waals surface area contributed by atoms with Crippen molar-refractivity contribution in [1.29, 1.82) is 0 Å². The molecule has 30 heavy (non-hydrogen) atoms. The number of carbonyl (C=O) groups excluding carboxylic acids is 2. The van der Waals surface area contributed by atoms with Gasteiger partial charge in [0.15, 0.2) is 9.84 Å². The Kier molecular flexibility index (Phi) is 7.27. The van der Waals surface area contributed by atoms with Gasteiger partial charge in [0.25, 0.3) is 5.91 Å². The number of nitrogens with one attached hydrogen (secondary N) is 1. The average molecular weight is 450 g/mol. The summed E-state index contributed by atoms with van der Waals surface area (Å²) in [6, 6.07) is 8.19. The molecule has 0 radical (unpaired) electrons. The van der Waals surface area contributed by atoms with Crippen molar-refractivity contribution < 1.29 is 18.0 Å². The predicted octanol–water partition coefficient (Wildman–Crippen LogP) is 2.81. The van der Waals surface area contributed by atoms with Gasteiger partial charge in [0.05, 0.1) is 16.2 Å². The minimum Gasteiger partial charge on any atom is -0.365 e. The number of hydrogen-bond acceptors (Lipinski definition) is 6. The number of nitrogens with two attached hydrogens (primary N) is 1. The molecular weight excluding hydrogens is 422 g/mol. The van der Waals surface area contributed by atoms with Crippen molar-refractivity contribution >= 4 is 38.0 Å². The highest BCUT2D eigenvalue weighted by molar-refractivity contribution is 7.91. The van der Waals surface area contributed by atoms with Crippen molar-refractivity contribution in [3.8, 4) is 0 Å². The molecule has 9 heteroatoms. The number of benzene rings is 1. The zero-order valence-corrected chi connectivity index (χ0v) is 18.7. The quantitative estimate of drug-likeness (QED) is 0.612. The van der Waals surface area contributed by atoms with Gasteiger partial charge in [-0.15, -0.1) is 11.3 Å². The lowest BCUT2D eigenvalue weighted by atomic mass is 10.0. The second-order valence-corrected chi connectivity index (χ2v) is 10.6. The molecule has 0 fully saturated rings. The summed E-state index contributed by atoms with van der Waals surface area (Å²) >= 11 is 1.39. The maximum atomic E-state index is 12.4. The number of nitrogens with zero attached hydrogens (tertiary/aromatic N) is 1. The number of rotatable bonds is 9. The summed E-state index contributed by atoms with van der Waals surface area (Å²) in [7, 11) is -3.42. The molecule has 162 valence electrons. The van der Waals surface area contributed by atoms with E-state index in [1.54, 1.807) is 30.3 Å². The van der Waals surface area contributed by atoms with E-state index >= 15 is 0 Å². The fraction of sp³-hybridized carbons (Fsp3) is 0.429. The summed E-state index contributed by atoms with van der Waals surface area (Å²) in [6.07, 6.45) is 2.04. The lowest BCUT2D eigenvalue weighted by Gasteiger charge is -2.26. The predicted molar refractivity (Wildman–Crippen MR) is 118 cm³/mol. The van der Waals surface area contributed by atoms with Gasteiger partial charge in [0.2, 0.25) is 5.91 Å². The molecule has 1 aliphatic rings. The standard InChI is InChI=1S/C21H27N3O4S2/c1-2-11-24-12-10-16-17(14-24)29-21(19(16)20(22)26)23-18(25)9-6-13-30(27,28)15-7-4-3-5-8-15/h3-5,7-8H,2,6,9-14H2,1H3,(H2,22,26)(H,23,25). The molecule has 0 bridgehead atoms. The van der Waals surface area contributed by atoms with E-state index in [-0.39, 0.29) is 29.4 Å². The molecule has 0 aliphatic carbocycles. The van der Waals surface area contributed by atoms with Crippen LogP contribution < -0.4 is 11.1 Å². The average Bonchev–Trinajstić information content (AvgIpc) is 3.06. The summed E-state index contributed by atoms with van der Waals surface area (Å²) in [5.41, 5.74) is 6.93. The molecule has 0 saturated heterocycles. The molecule has 3 N–H and O–H groups in total. The molecule has 1 aromatic heterocycles. The zero-order valence-electron chi connectivity index (χ0n) is 17.0. The Bertz CT molecular complexity index is 1020. The number of fused-ring (bicyclic) bond motifs is 1. The smallest absolute Gasteiger partial charge is 0.251 e. The number of anilines is 1. The number of hydrogen-bond donors (Lipinski definition) is 2. The minimum absolute atomic E-state index is 0.0504. The van der Waals surface area contributed by atoms with Crippen LogP contribution in [-0.2, 0) is 27.6 Å². The topological polar surface area (TPSA) is 110 Å². The van der Waals surface area contributed by atoms with Crippen LogP contribution in [0.25, 0.3) is 0 Å². The van der Waals surface area contributed by atoms with Crippen molar-refractivity contribution in [3.05, 3.63) is 46.3 Å². The lowest BCUT2D eigenvalue weighted by Crippen LogP contribution is -2.31. The number of amides is 2. The molecule has 0 unspecified atom stereocenters. The molecule has 1 aliphatic heterocycles. The van der Waals surface area contributed by atoms with E-state index in [1.165, 1.54) is 11.3 Å². The van der Waals surface area contributed by atoms with Crippen molar-refractivity contribution in [1.82, 2.24) is 4.90 Å². The molecule has 7 nitrogen and oxygen atoms in total. The summed E-state index contributed by atoms with van der Waals surface area (Å²) < 4.78 is 24.7. The SMILES string of the molecule is CCCN1CCc2c(sc(NC(=O)CCCS(=O)(=O)c3ccccc3)c2C(N)=O)C1. The van der Waals surface area contributed by atoms with Crippen molar-refractivity contribution in [2.75, 3.05) is 24.2 Å². The van der Waals surface area contributed by atoms with Gasteiger partial charge in [-0.1, -0.05) is 25.1 Å². The van der Waals surface area contributed by atoms with Gasteiger partial charge in [-0.25, -0.2) is 8.42 Å². The van der Waals surface area contributed by atoms with Crippen LogP contribution in [0.1, 0.15) is 47.0 Å². The molecule has 2 aromatic rings. The van der Waals surface area contributed by atoms with Crippen molar-refractivity contribution in [2.45, 2.75) is 44.0 Å². The third-order valence-electron chi connectivity index (χ3n) is 5.09. The Morgan fingerprint density at radius 2 is 1.97 bits per heavy atom. The lowest BCUT2D eigenvalue weighted by molar-refractivity contribution is -0.116. The van der Waals surface area contributed by atoms with E-state index in [2.05, 4.69) is 17.1 Å². The second-order valence-electron chi connectivity index (χ2n) is 7.38. The van der Waals surface area contributed by atoms with E-state index in [0.29, 0.717) is 10.6 Å². The van der Waals surface area contributed by atoms with Crippen molar-refractivity contribution in [3.63, 3.8) is 0 Å². The van der Waals surface area contributed by atoms with Crippen LogP contribution >= 0.6 is 11.3 Å². The molecule has 3 rings (SSSR count). The number of thiophene rings is 1. The first kappa shape index (κ1) is 22.5.